The molecule has 1 unspecified atom stereocenters. The third-order valence-corrected chi connectivity index (χ3v) is 8.64. The predicted octanol–water partition coefficient (Wildman–Crippen LogP) is 6.13. The molecule has 0 radical (unpaired) electrons. The second-order valence-corrected chi connectivity index (χ2v) is 11.7. The van der Waals surface area contributed by atoms with Gasteiger partial charge in [0.2, 0.25) is 0 Å². The zero-order valence-electron chi connectivity index (χ0n) is 29.2. The first-order chi connectivity index (χ1) is 23.1. The number of carbonyl (C=O) groups is 2. The molecule has 3 atom stereocenters. The zero-order chi connectivity index (χ0) is 35.0. The van der Waals surface area contributed by atoms with E-state index in [4.69, 9.17) is 23.7 Å². The van der Waals surface area contributed by atoms with Crippen molar-refractivity contribution in [1.82, 2.24) is 10.2 Å². The van der Waals surface area contributed by atoms with Crippen LogP contribution in [0.1, 0.15) is 71.8 Å². The summed E-state index contributed by atoms with van der Waals surface area (Å²) in [6.45, 7) is 12.4. The number of carbonyl (C=O) groups excluding carboxylic acids is 2. The Bertz CT molecular complexity index is 1620. The molecule has 1 fully saturated rings. The molecule has 1 saturated heterocycles. The van der Waals surface area contributed by atoms with Crippen LogP contribution < -0.4 is 19.5 Å². The number of hydrogen-bond acceptors (Lipinski definition) is 10. The van der Waals surface area contributed by atoms with Crippen molar-refractivity contribution >= 4 is 18.0 Å². The average Bonchev–Trinajstić information content (AvgIpc) is 3.07. The Morgan fingerprint density at radius 3 is 2.38 bits per heavy atom. The summed E-state index contributed by atoms with van der Waals surface area (Å²) >= 11 is 0. The van der Waals surface area contributed by atoms with Crippen molar-refractivity contribution < 1.29 is 38.4 Å². The number of fused-ring (bicyclic) bond motifs is 2. The molecular formula is C38H48N2O8. The lowest BCUT2D eigenvalue weighted by atomic mass is 9.79. The fraction of sp³-hybridized carbons (Fsp3) is 0.421. The lowest BCUT2D eigenvalue weighted by Gasteiger charge is -2.50. The third kappa shape index (κ3) is 7.84. The van der Waals surface area contributed by atoms with Crippen LogP contribution in [-0.4, -0.2) is 68.7 Å². The van der Waals surface area contributed by atoms with Crippen LogP contribution in [0.4, 0.5) is 0 Å². The standard InChI is InChI=1S/C36H42N2O8.C2H6/c1-21-16-22(2)36(43-6)34(41)31(21)33-27-18-26-32(29(45-20-42-5)17-23(3)35(26)46-24(4)39)28(38(27)15-14-37-33)19-44-30(40)13-12-25-10-8-7-9-11-25;1-2/h7-13,16-17,27-28,33,37,41H,14-15,18-20H2,1-6H3;1-2H3/b13-12+;/t27?,28-,33-;/m0./s1. The molecule has 10 heteroatoms. The number of aryl methyl sites for hydroxylation is 3. The summed E-state index contributed by atoms with van der Waals surface area (Å²) in [5.41, 5.74) is 5.66. The number of hydrogen-bond donors (Lipinski definition) is 2. The molecule has 0 aromatic heterocycles. The highest BCUT2D eigenvalue weighted by molar-refractivity contribution is 5.87. The van der Waals surface area contributed by atoms with Crippen LogP contribution in [0.15, 0.2) is 48.5 Å². The van der Waals surface area contributed by atoms with Gasteiger partial charge >= 0.3 is 11.9 Å². The molecule has 48 heavy (non-hydrogen) atoms. The summed E-state index contributed by atoms with van der Waals surface area (Å²) in [5.74, 6) is 0.616. The Kier molecular flexibility index (Phi) is 12.6. The first-order valence-electron chi connectivity index (χ1n) is 16.4. The van der Waals surface area contributed by atoms with Crippen LogP contribution in [0.25, 0.3) is 6.08 Å². The van der Waals surface area contributed by atoms with E-state index in [0.717, 1.165) is 38.9 Å². The van der Waals surface area contributed by atoms with E-state index in [2.05, 4.69) is 10.2 Å². The van der Waals surface area contributed by atoms with Gasteiger partial charge in [-0.25, -0.2) is 4.79 Å². The smallest absolute Gasteiger partial charge is 0.330 e. The molecule has 0 amide bonds. The van der Waals surface area contributed by atoms with Gasteiger partial charge in [0, 0.05) is 55.9 Å². The van der Waals surface area contributed by atoms with Gasteiger partial charge in [-0.1, -0.05) is 50.2 Å². The number of phenolic OH excluding ortho intramolecular Hbond substituents is 1. The number of esters is 2. The lowest BCUT2D eigenvalue weighted by Crippen LogP contribution is -2.58. The molecule has 2 heterocycles. The number of ether oxygens (including phenoxy) is 5. The van der Waals surface area contributed by atoms with E-state index in [0.29, 0.717) is 36.8 Å². The largest absolute Gasteiger partial charge is 0.504 e. The molecule has 3 aromatic carbocycles. The zero-order valence-corrected chi connectivity index (χ0v) is 29.2. The van der Waals surface area contributed by atoms with Gasteiger partial charge in [0.05, 0.1) is 19.2 Å². The molecule has 0 aliphatic carbocycles. The van der Waals surface area contributed by atoms with Gasteiger partial charge in [0.1, 0.15) is 18.1 Å². The van der Waals surface area contributed by atoms with Crippen LogP contribution in [-0.2, 0) is 25.5 Å². The summed E-state index contributed by atoms with van der Waals surface area (Å²) in [7, 11) is 3.09. The quantitative estimate of drug-likeness (QED) is 0.114. The SMILES string of the molecule is CC.COCOc1cc(C)c(OC(C)=O)c2c1[C@H](COC(=O)/C=C/c1ccccc1)N1CCN[C@H](c3c(C)cc(C)c(OC)c3O)C1C2. The second-order valence-electron chi connectivity index (χ2n) is 11.7. The molecule has 3 aromatic rings. The van der Waals surface area contributed by atoms with E-state index in [1.54, 1.807) is 20.3 Å². The first kappa shape index (κ1) is 36.5. The summed E-state index contributed by atoms with van der Waals surface area (Å²) in [6, 6.07) is 12.4. The molecular weight excluding hydrogens is 612 g/mol. The van der Waals surface area contributed by atoms with Crippen LogP contribution in [0.3, 0.4) is 0 Å². The van der Waals surface area contributed by atoms with E-state index in [-0.39, 0.29) is 31.2 Å². The lowest BCUT2D eigenvalue weighted by molar-refractivity contribution is -0.140. The van der Waals surface area contributed by atoms with E-state index in [9.17, 15) is 14.7 Å². The number of benzene rings is 3. The molecule has 2 aliphatic heterocycles. The first-order valence-corrected chi connectivity index (χ1v) is 16.4. The number of aromatic hydroxyl groups is 1. The van der Waals surface area contributed by atoms with E-state index in [1.165, 1.54) is 13.0 Å². The number of methoxy groups -OCH3 is 2. The van der Waals surface area contributed by atoms with Crippen LogP contribution >= 0.6 is 0 Å². The van der Waals surface area contributed by atoms with E-state index < -0.39 is 18.0 Å². The van der Waals surface area contributed by atoms with Crippen molar-refractivity contribution in [1.29, 1.82) is 0 Å². The van der Waals surface area contributed by atoms with Crippen molar-refractivity contribution in [2.75, 3.05) is 40.7 Å². The van der Waals surface area contributed by atoms with Crippen molar-refractivity contribution in [2.24, 2.45) is 0 Å². The topological polar surface area (TPSA) is 116 Å². The number of phenols is 1. The summed E-state index contributed by atoms with van der Waals surface area (Å²) in [5, 5.41) is 15.1. The Balaban J connectivity index is 0.00000255. The normalized spacial score (nSPS) is 18.6. The monoisotopic (exact) mass is 660 g/mol. The van der Waals surface area contributed by atoms with Crippen LogP contribution in [0, 0.1) is 20.8 Å². The number of rotatable bonds is 10. The van der Waals surface area contributed by atoms with Gasteiger partial charge < -0.3 is 34.1 Å². The molecule has 5 rings (SSSR count). The van der Waals surface area contributed by atoms with Gasteiger partial charge in [0.25, 0.3) is 0 Å². The van der Waals surface area contributed by atoms with E-state index in [1.807, 2.05) is 77.1 Å². The van der Waals surface area contributed by atoms with Gasteiger partial charge in [-0.05, 0) is 61.6 Å². The Morgan fingerprint density at radius 2 is 1.71 bits per heavy atom. The highest BCUT2D eigenvalue weighted by atomic mass is 16.7. The third-order valence-electron chi connectivity index (χ3n) is 8.64. The minimum Gasteiger partial charge on any atom is -0.504 e. The molecule has 0 bridgehead atoms. The van der Waals surface area contributed by atoms with E-state index >= 15 is 0 Å². The number of nitrogens with zero attached hydrogens (tertiary/aromatic N) is 1. The molecule has 0 saturated carbocycles. The van der Waals surface area contributed by atoms with Gasteiger partial charge in [-0.3, -0.25) is 9.69 Å². The molecule has 10 nitrogen and oxygen atoms in total. The molecule has 0 spiro atoms. The Labute approximate surface area is 283 Å². The maximum absolute atomic E-state index is 13.0. The minimum absolute atomic E-state index is 0.00888. The number of piperazine rings is 1. The van der Waals surface area contributed by atoms with Crippen LogP contribution in [0.5, 0.6) is 23.0 Å². The molecule has 258 valence electrons. The average molecular weight is 661 g/mol. The molecule has 2 aliphatic rings. The maximum Gasteiger partial charge on any atom is 0.330 e. The molecule has 2 N–H and O–H groups in total. The summed E-state index contributed by atoms with van der Waals surface area (Å²) < 4.78 is 28.7. The summed E-state index contributed by atoms with van der Waals surface area (Å²) in [4.78, 5) is 27.6. The minimum atomic E-state index is -0.484. The second kappa shape index (κ2) is 16.6. The van der Waals surface area contributed by atoms with Gasteiger partial charge in [0.15, 0.2) is 18.3 Å². The number of nitrogens with one attached hydrogen (secondary N) is 1. The Hall–Kier alpha value is -4.38. The van der Waals surface area contributed by atoms with Crippen molar-refractivity contribution in [3.8, 4) is 23.0 Å². The van der Waals surface area contributed by atoms with Crippen molar-refractivity contribution in [3.63, 3.8) is 0 Å². The fourth-order valence-electron chi connectivity index (χ4n) is 6.81. The van der Waals surface area contributed by atoms with Crippen LogP contribution in [0.2, 0.25) is 0 Å². The predicted molar refractivity (Wildman–Crippen MR) is 185 cm³/mol. The van der Waals surface area contributed by atoms with Crippen molar-refractivity contribution in [3.05, 3.63) is 87.5 Å². The van der Waals surface area contributed by atoms with Gasteiger partial charge in [-0.2, -0.15) is 0 Å². The van der Waals surface area contributed by atoms with Crippen molar-refractivity contribution in [2.45, 2.75) is 66.1 Å². The maximum atomic E-state index is 13.0. The fourth-order valence-corrected chi connectivity index (χ4v) is 6.81. The highest BCUT2D eigenvalue weighted by Gasteiger charge is 2.46. The Morgan fingerprint density at radius 1 is 1.00 bits per heavy atom. The highest BCUT2D eigenvalue weighted by Crippen LogP contribution is 2.50. The van der Waals surface area contributed by atoms with Gasteiger partial charge in [-0.15, -0.1) is 0 Å². The summed E-state index contributed by atoms with van der Waals surface area (Å²) in [6.07, 6.45) is 3.60.